The molecule has 0 atom stereocenters. The average Bonchev–Trinajstić information content (AvgIpc) is 2.30. The fourth-order valence-corrected chi connectivity index (χ4v) is 1.39. The summed E-state index contributed by atoms with van der Waals surface area (Å²) in [5.41, 5.74) is 0.866. The summed E-state index contributed by atoms with van der Waals surface area (Å²) in [4.78, 5) is 21.6. The Hall–Kier alpha value is -1.75. The van der Waals surface area contributed by atoms with Gasteiger partial charge in [0.2, 0.25) is 0 Å². The van der Waals surface area contributed by atoms with Crippen molar-refractivity contribution >= 4 is 29.2 Å². The molecule has 0 aromatic heterocycles. The molecule has 17 heavy (non-hydrogen) atoms. The van der Waals surface area contributed by atoms with E-state index < -0.39 is 11.9 Å². The van der Waals surface area contributed by atoms with E-state index in [0.29, 0.717) is 16.3 Å². The number of nitrogens with one attached hydrogen (secondary N) is 1. The van der Waals surface area contributed by atoms with Gasteiger partial charge in [0.15, 0.2) is 0 Å². The number of carbonyl (C=O) groups is 2. The number of methoxy groups -OCH3 is 1. The molecule has 0 aliphatic rings. The third-order valence-corrected chi connectivity index (χ3v) is 2.37. The lowest BCUT2D eigenvalue weighted by Crippen LogP contribution is -2.09. The van der Waals surface area contributed by atoms with Gasteiger partial charge in [-0.25, -0.2) is 4.79 Å². The molecule has 1 rings (SSSR count). The molecule has 0 bridgehead atoms. The molecule has 0 aliphatic carbocycles. The third kappa shape index (κ3) is 3.96. The van der Waals surface area contributed by atoms with E-state index in [9.17, 15) is 9.59 Å². The highest BCUT2D eigenvalue weighted by molar-refractivity contribution is 6.33. The van der Waals surface area contributed by atoms with Crippen molar-refractivity contribution in [3.05, 3.63) is 28.8 Å². The van der Waals surface area contributed by atoms with Gasteiger partial charge in [0, 0.05) is 6.54 Å². The van der Waals surface area contributed by atoms with Crippen LogP contribution >= 0.6 is 11.6 Å². The molecule has 0 amide bonds. The van der Waals surface area contributed by atoms with Gasteiger partial charge in [-0.15, -0.1) is 0 Å². The van der Waals surface area contributed by atoms with Crippen LogP contribution in [0.15, 0.2) is 18.2 Å². The van der Waals surface area contributed by atoms with Gasteiger partial charge in [-0.1, -0.05) is 11.6 Å². The summed E-state index contributed by atoms with van der Waals surface area (Å²) in [7, 11) is 1.29. The summed E-state index contributed by atoms with van der Waals surface area (Å²) in [6, 6.07) is 4.61. The number of carboxylic acids is 1. The smallest absolute Gasteiger partial charge is 0.337 e. The number of carbonyl (C=O) groups excluding carboxylic acids is 1. The van der Waals surface area contributed by atoms with E-state index in [1.807, 2.05) is 0 Å². The highest BCUT2D eigenvalue weighted by Gasteiger charge is 2.08. The Morgan fingerprint density at radius 2 is 2.18 bits per heavy atom. The maximum Gasteiger partial charge on any atom is 0.337 e. The summed E-state index contributed by atoms with van der Waals surface area (Å²) in [5, 5.41) is 11.8. The number of aliphatic carboxylic acids is 1. The van der Waals surface area contributed by atoms with Crippen molar-refractivity contribution < 1.29 is 19.4 Å². The van der Waals surface area contributed by atoms with Gasteiger partial charge in [-0.3, -0.25) is 4.79 Å². The number of carboxylic acid groups (broad SMARTS) is 1. The van der Waals surface area contributed by atoms with Crippen LogP contribution in [0.4, 0.5) is 5.69 Å². The Bertz CT molecular complexity index is 433. The lowest BCUT2D eigenvalue weighted by molar-refractivity contribution is -0.136. The quantitative estimate of drug-likeness (QED) is 0.789. The molecule has 92 valence electrons. The van der Waals surface area contributed by atoms with Crippen LogP contribution in [0, 0.1) is 0 Å². The number of ether oxygens (including phenoxy) is 1. The predicted octanol–water partition coefficient (Wildman–Crippen LogP) is 2.01. The van der Waals surface area contributed by atoms with Gasteiger partial charge in [0.25, 0.3) is 0 Å². The molecule has 0 unspecified atom stereocenters. The Morgan fingerprint density at radius 1 is 1.47 bits per heavy atom. The van der Waals surface area contributed by atoms with Gasteiger partial charge in [0.1, 0.15) is 0 Å². The number of anilines is 1. The zero-order valence-electron chi connectivity index (χ0n) is 9.20. The van der Waals surface area contributed by atoms with Crippen LogP contribution in [0.2, 0.25) is 5.02 Å². The number of esters is 1. The van der Waals surface area contributed by atoms with Crippen molar-refractivity contribution in [3.63, 3.8) is 0 Å². The molecule has 0 saturated heterocycles. The summed E-state index contributed by atoms with van der Waals surface area (Å²) < 4.78 is 4.57. The number of halogens is 1. The van der Waals surface area contributed by atoms with E-state index in [4.69, 9.17) is 16.7 Å². The summed E-state index contributed by atoms with van der Waals surface area (Å²) >= 11 is 5.90. The van der Waals surface area contributed by atoms with Crippen molar-refractivity contribution in [2.45, 2.75) is 6.42 Å². The first-order valence-electron chi connectivity index (χ1n) is 4.88. The minimum Gasteiger partial charge on any atom is -0.481 e. The molecule has 0 radical (unpaired) electrons. The van der Waals surface area contributed by atoms with Crippen molar-refractivity contribution in [2.24, 2.45) is 0 Å². The van der Waals surface area contributed by atoms with Gasteiger partial charge in [0.05, 0.1) is 29.8 Å². The average molecular weight is 258 g/mol. The molecule has 0 saturated carbocycles. The topological polar surface area (TPSA) is 75.6 Å². The fourth-order valence-electron chi connectivity index (χ4n) is 1.21. The Kier molecular flexibility index (Phi) is 4.78. The van der Waals surface area contributed by atoms with Gasteiger partial charge in [-0.05, 0) is 18.2 Å². The maximum atomic E-state index is 11.3. The maximum absolute atomic E-state index is 11.3. The van der Waals surface area contributed by atoms with E-state index in [2.05, 4.69) is 10.1 Å². The first kappa shape index (κ1) is 13.3. The van der Waals surface area contributed by atoms with E-state index in [0.717, 1.165) is 0 Å². The molecule has 0 fully saturated rings. The molecule has 0 heterocycles. The summed E-state index contributed by atoms with van der Waals surface area (Å²) in [6.07, 6.45) is -0.0290. The van der Waals surface area contributed by atoms with Crippen molar-refractivity contribution in [1.82, 2.24) is 0 Å². The van der Waals surface area contributed by atoms with Crippen LogP contribution in [0.1, 0.15) is 16.8 Å². The second-order valence-electron chi connectivity index (χ2n) is 3.26. The largest absolute Gasteiger partial charge is 0.481 e. The molecule has 0 spiro atoms. The zero-order chi connectivity index (χ0) is 12.8. The second kappa shape index (κ2) is 6.10. The third-order valence-electron chi connectivity index (χ3n) is 2.04. The molecular formula is C11H12ClNO4. The lowest BCUT2D eigenvalue weighted by Gasteiger charge is -2.08. The van der Waals surface area contributed by atoms with Crippen LogP contribution in [0.5, 0.6) is 0 Å². The zero-order valence-corrected chi connectivity index (χ0v) is 9.95. The van der Waals surface area contributed by atoms with Crippen molar-refractivity contribution in [1.29, 1.82) is 0 Å². The van der Waals surface area contributed by atoms with Gasteiger partial charge >= 0.3 is 11.9 Å². The first-order chi connectivity index (χ1) is 8.04. The fraction of sp³-hybridized carbons (Fsp3) is 0.273. The molecule has 5 nitrogen and oxygen atoms in total. The van der Waals surface area contributed by atoms with Crippen molar-refractivity contribution in [2.75, 3.05) is 19.0 Å². The molecular weight excluding hydrogens is 246 g/mol. The van der Waals surface area contributed by atoms with Crippen LogP contribution in [-0.4, -0.2) is 30.7 Å². The minimum absolute atomic E-state index is 0.0290. The van der Waals surface area contributed by atoms with Gasteiger partial charge < -0.3 is 15.2 Å². The van der Waals surface area contributed by atoms with E-state index in [1.165, 1.54) is 19.2 Å². The normalized spacial score (nSPS) is 9.76. The SMILES string of the molecule is COC(=O)c1ccc(Cl)c(NCCC(=O)O)c1. The molecule has 2 N–H and O–H groups in total. The monoisotopic (exact) mass is 257 g/mol. The van der Waals surface area contributed by atoms with E-state index in [-0.39, 0.29) is 13.0 Å². The highest BCUT2D eigenvalue weighted by Crippen LogP contribution is 2.23. The summed E-state index contributed by atoms with van der Waals surface area (Å²) in [5.74, 6) is -1.37. The standard InChI is InChI=1S/C11H12ClNO4/c1-17-11(16)7-2-3-8(12)9(6-7)13-5-4-10(14)15/h2-3,6,13H,4-5H2,1H3,(H,14,15). The minimum atomic E-state index is -0.905. The summed E-state index contributed by atoms with van der Waals surface area (Å²) in [6.45, 7) is 0.236. The van der Waals surface area contributed by atoms with Crippen LogP contribution in [-0.2, 0) is 9.53 Å². The Labute approximate surface area is 103 Å². The predicted molar refractivity (Wildman–Crippen MR) is 63.5 cm³/mol. The molecule has 1 aromatic carbocycles. The Morgan fingerprint density at radius 3 is 2.76 bits per heavy atom. The van der Waals surface area contributed by atoms with Crippen LogP contribution in [0.3, 0.4) is 0 Å². The second-order valence-corrected chi connectivity index (χ2v) is 3.66. The van der Waals surface area contributed by atoms with Crippen LogP contribution in [0.25, 0.3) is 0 Å². The first-order valence-corrected chi connectivity index (χ1v) is 5.26. The number of rotatable bonds is 5. The molecule has 0 aliphatic heterocycles. The lowest BCUT2D eigenvalue weighted by atomic mass is 10.2. The number of hydrogen-bond acceptors (Lipinski definition) is 4. The Balaban J connectivity index is 2.76. The van der Waals surface area contributed by atoms with E-state index >= 15 is 0 Å². The number of benzene rings is 1. The van der Waals surface area contributed by atoms with Gasteiger partial charge in [-0.2, -0.15) is 0 Å². The van der Waals surface area contributed by atoms with Crippen molar-refractivity contribution in [3.8, 4) is 0 Å². The highest BCUT2D eigenvalue weighted by atomic mass is 35.5. The molecule has 6 heteroatoms. The molecule has 1 aromatic rings. The van der Waals surface area contributed by atoms with E-state index in [1.54, 1.807) is 6.07 Å². The van der Waals surface area contributed by atoms with Crippen LogP contribution < -0.4 is 5.32 Å². The number of hydrogen-bond donors (Lipinski definition) is 2.